The second-order valence-corrected chi connectivity index (χ2v) is 5.75. The lowest BCUT2D eigenvalue weighted by atomic mass is 9.97. The number of aryl methyl sites for hydroxylation is 1. The quantitative estimate of drug-likeness (QED) is 0.720. The molecular formula is C18H19ClO2. The minimum atomic E-state index is -0.427. The molecule has 0 radical (unpaired) electrons. The van der Waals surface area contributed by atoms with E-state index in [1.165, 1.54) is 0 Å². The monoisotopic (exact) mass is 302 g/mol. The number of rotatable bonds is 5. The van der Waals surface area contributed by atoms with Gasteiger partial charge < -0.3 is 4.74 Å². The van der Waals surface area contributed by atoms with Crippen LogP contribution in [0.1, 0.15) is 46.8 Å². The predicted octanol–water partition coefficient (Wildman–Crippen LogP) is 5.08. The van der Waals surface area contributed by atoms with Crippen LogP contribution >= 0.6 is 11.6 Å². The molecule has 0 unspecified atom stereocenters. The van der Waals surface area contributed by atoms with Crippen LogP contribution in [-0.4, -0.2) is 5.24 Å². The molecule has 2 aromatic rings. The maximum atomic E-state index is 11.5. The average molecular weight is 303 g/mol. The van der Waals surface area contributed by atoms with Gasteiger partial charge in [0, 0.05) is 5.56 Å². The van der Waals surface area contributed by atoms with Crippen molar-refractivity contribution in [2.24, 2.45) is 0 Å². The highest BCUT2D eigenvalue weighted by atomic mass is 35.5. The zero-order valence-corrected chi connectivity index (χ0v) is 13.3. The van der Waals surface area contributed by atoms with E-state index in [1.54, 1.807) is 0 Å². The van der Waals surface area contributed by atoms with Crippen LogP contribution in [0.3, 0.4) is 0 Å². The molecule has 0 aromatic heterocycles. The molecule has 2 rings (SSSR count). The van der Waals surface area contributed by atoms with Gasteiger partial charge in [0.05, 0.1) is 0 Å². The van der Waals surface area contributed by atoms with E-state index in [1.807, 2.05) is 49.4 Å². The van der Waals surface area contributed by atoms with E-state index in [-0.39, 0.29) is 5.92 Å². The summed E-state index contributed by atoms with van der Waals surface area (Å²) in [5.74, 6) is 1.07. The second kappa shape index (κ2) is 6.77. The molecule has 0 aliphatic carbocycles. The summed E-state index contributed by atoms with van der Waals surface area (Å²) in [7, 11) is 0. The number of halogens is 1. The fourth-order valence-electron chi connectivity index (χ4n) is 2.22. The van der Waals surface area contributed by atoms with Gasteiger partial charge in [-0.2, -0.15) is 0 Å². The Morgan fingerprint density at radius 2 is 1.86 bits per heavy atom. The summed E-state index contributed by atoms with van der Waals surface area (Å²) in [5.41, 5.74) is 3.50. The fourth-order valence-corrected chi connectivity index (χ4v) is 2.43. The van der Waals surface area contributed by atoms with Crippen LogP contribution in [-0.2, 0) is 6.61 Å². The van der Waals surface area contributed by atoms with Crippen molar-refractivity contribution in [2.75, 3.05) is 0 Å². The highest BCUT2D eigenvalue weighted by Gasteiger charge is 2.15. The van der Waals surface area contributed by atoms with E-state index in [0.29, 0.717) is 12.2 Å². The minimum absolute atomic E-state index is 0.256. The molecule has 21 heavy (non-hydrogen) atoms. The zero-order valence-electron chi connectivity index (χ0n) is 12.5. The molecule has 3 heteroatoms. The molecule has 0 saturated heterocycles. The largest absolute Gasteiger partial charge is 0.489 e. The van der Waals surface area contributed by atoms with Gasteiger partial charge in [-0.05, 0) is 53.3 Å². The molecule has 2 nitrogen and oxygen atoms in total. The predicted molar refractivity (Wildman–Crippen MR) is 86.2 cm³/mol. The summed E-state index contributed by atoms with van der Waals surface area (Å²) in [6.45, 7) is 6.52. The van der Waals surface area contributed by atoms with Crippen molar-refractivity contribution in [3.8, 4) is 5.75 Å². The summed E-state index contributed by atoms with van der Waals surface area (Å²) in [4.78, 5) is 11.5. The summed E-state index contributed by atoms with van der Waals surface area (Å²) < 4.78 is 5.95. The summed E-state index contributed by atoms with van der Waals surface area (Å²) >= 11 is 5.63. The van der Waals surface area contributed by atoms with Gasteiger partial charge in [0.15, 0.2) is 0 Å². The van der Waals surface area contributed by atoms with Gasteiger partial charge in [0.25, 0.3) is 5.24 Å². The van der Waals surface area contributed by atoms with E-state index in [9.17, 15) is 4.79 Å². The molecule has 0 heterocycles. The van der Waals surface area contributed by atoms with Crippen molar-refractivity contribution in [3.63, 3.8) is 0 Å². The topological polar surface area (TPSA) is 26.3 Å². The van der Waals surface area contributed by atoms with Crippen molar-refractivity contribution in [2.45, 2.75) is 33.3 Å². The number of carbonyl (C=O) groups excluding carboxylic acids is 1. The maximum Gasteiger partial charge on any atom is 0.252 e. The average Bonchev–Trinajstić information content (AvgIpc) is 2.45. The van der Waals surface area contributed by atoms with E-state index >= 15 is 0 Å². The Hall–Kier alpha value is -1.80. The first kappa shape index (κ1) is 15.6. The Kier molecular flexibility index (Phi) is 5.03. The normalized spacial score (nSPS) is 10.7. The number of carbonyl (C=O) groups is 1. The molecule has 0 atom stereocenters. The Balaban J connectivity index is 2.30. The standard InChI is InChI=1S/C18H19ClO2/c1-12(2)15-10-16(18(19)20)13(3)9-17(15)21-11-14-7-5-4-6-8-14/h4-10,12H,11H2,1-3H3. The van der Waals surface area contributed by atoms with Gasteiger partial charge in [-0.15, -0.1) is 0 Å². The summed E-state index contributed by atoms with van der Waals surface area (Å²) in [6.07, 6.45) is 0. The highest BCUT2D eigenvalue weighted by molar-refractivity contribution is 6.67. The van der Waals surface area contributed by atoms with E-state index in [4.69, 9.17) is 16.3 Å². The van der Waals surface area contributed by atoms with E-state index < -0.39 is 5.24 Å². The number of hydrogen-bond donors (Lipinski definition) is 0. The van der Waals surface area contributed by atoms with E-state index in [0.717, 1.165) is 22.4 Å². The van der Waals surface area contributed by atoms with Crippen LogP contribution in [0.4, 0.5) is 0 Å². The van der Waals surface area contributed by atoms with Gasteiger partial charge >= 0.3 is 0 Å². The van der Waals surface area contributed by atoms with Crippen LogP contribution < -0.4 is 4.74 Å². The van der Waals surface area contributed by atoms with Crippen molar-refractivity contribution in [1.29, 1.82) is 0 Å². The van der Waals surface area contributed by atoms with Crippen molar-refractivity contribution >= 4 is 16.8 Å². The lowest BCUT2D eigenvalue weighted by Crippen LogP contribution is -2.03. The third-order valence-corrected chi connectivity index (χ3v) is 3.63. The molecule has 0 bridgehead atoms. The first-order valence-corrected chi connectivity index (χ1v) is 7.38. The first-order chi connectivity index (χ1) is 9.99. The fraction of sp³-hybridized carbons (Fsp3) is 0.278. The van der Waals surface area contributed by atoms with Gasteiger partial charge in [0.2, 0.25) is 0 Å². The molecular weight excluding hydrogens is 284 g/mol. The first-order valence-electron chi connectivity index (χ1n) is 7.00. The summed E-state index contributed by atoms with van der Waals surface area (Å²) in [5, 5.41) is -0.427. The number of hydrogen-bond acceptors (Lipinski definition) is 2. The van der Waals surface area contributed by atoms with Crippen LogP contribution in [0.25, 0.3) is 0 Å². The van der Waals surface area contributed by atoms with Crippen molar-refractivity contribution in [3.05, 3.63) is 64.7 Å². The molecule has 0 saturated carbocycles. The Morgan fingerprint density at radius 3 is 2.43 bits per heavy atom. The second-order valence-electron chi connectivity index (χ2n) is 5.41. The van der Waals surface area contributed by atoms with Gasteiger partial charge in [-0.3, -0.25) is 4.79 Å². The summed E-state index contributed by atoms with van der Waals surface area (Å²) in [6, 6.07) is 13.7. The van der Waals surface area contributed by atoms with Crippen molar-refractivity contribution < 1.29 is 9.53 Å². The zero-order chi connectivity index (χ0) is 15.4. The molecule has 0 amide bonds. The third kappa shape index (κ3) is 3.85. The minimum Gasteiger partial charge on any atom is -0.489 e. The number of ether oxygens (including phenoxy) is 1. The highest BCUT2D eigenvalue weighted by Crippen LogP contribution is 2.31. The van der Waals surface area contributed by atoms with E-state index in [2.05, 4.69) is 13.8 Å². The van der Waals surface area contributed by atoms with Crippen LogP contribution in [0.5, 0.6) is 5.75 Å². The molecule has 110 valence electrons. The molecule has 2 aromatic carbocycles. The number of benzene rings is 2. The molecule has 0 spiro atoms. The molecule has 0 fully saturated rings. The van der Waals surface area contributed by atoms with Crippen LogP contribution in [0.15, 0.2) is 42.5 Å². The van der Waals surface area contributed by atoms with Gasteiger partial charge in [0.1, 0.15) is 12.4 Å². The van der Waals surface area contributed by atoms with Gasteiger partial charge in [-0.1, -0.05) is 44.2 Å². The van der Waals surface area contributed by atoms with Crippen LogP contribution in [0.2, 0.25) is 0 Å². The smallest absolute Gasteiger partial charge is 0.252 e. The van der Waals surface area contributed by atoms with Gasteiger partial charge in [-0.25, -0.2) is 0 Å². The van der Waals surface area contributed by atoms with Crippen LogP contribution in [0, 0.1) is 6.92 Å². The maximum absolute atomic E-state index is 11.5. The lowest BCUT2D eigenvalue weighted by molar-refractivity contribution is 0.108. The van der Waals surface area contributed by atoms with Crippen molar-refractivity contribution in [1.82, 2.24) is 0 Å². The Labute approximate surface area is 130 Å². The third-order valence-electron chi connectivity index (χ3n) is 3.43. The molecule has 0 aliphatic rings. The lowest BCUT2D eigenvalue weighted by Gasteiger charge is -2.16. The Morgan fingerprint density at radius 1 is 1.19 bits per heavy atom. The Bertz CT molecular complexity index is 633. The molecule has 0 aliphatic heterocycles. The SMILES string of the molecule is Cc1cc(OCc2ccccc2)c(C(C)C)cc1C(=O)Cl. The molecule has 0 N–H and O–H groups in total.